The Labute approximate surface area is 284 Å². The summed E-state index contributed by atoms with van der Waals surface area (Å²) in [4.78, 5) is 45.1. The molecule has 5 rings (SSSR count). The zero-order chi connectivity index (χ0) is 37.3. The number of halogens is 6. The Kier molecular flexibility index (Phi) is 11.8. The smallest absolute Gasteiger partial charge is 0.451 e. The Morgan fingerprint density at radius 2 is 1.14 bits per heavy atom. The van der Waals surface area contributed by atoms with Crippen molar-refractivity contribution in [3.63, 3.8) is 0 Å². The summed E-state index contributed by atoms with van der Waals surface area (Å²) in [5.41, 5.74) is 7.87. The molecule has 0 atom stereocenters. The second kappa shape index (κ2) is 16.0. The molecule has 0 unspecified atom stereocenters. The minimum Gasteiger partial charge on any atom is -0.495 e. The number of ether oxygens (including phenoxy) is 2. The standard InChI is InChI=1S/C20H15F3N4O4.C12H11F3N4O/c1-31-16-10-24-15(12-8-26-19(27-9-12)20(21,22)23)6-11(16)7-25-17(28)13-4-2-3-5-14(13)18(29)30;1-20-10-6-17-9(2-7(10)3-16)8-4-18-11(19-5-8)12(13,14)15/h2-6,8-10H,7H2,1H3,(H,25,28)(H,29,30);2,4-6H,3,16H2,1H3. The molecule has 5 aromatic rings. The van der Waals surface area contributed by atoms with Crippen LogP contribution in [0.25, 0.3) is 22.5 Å². The van der Waals surface area contributed by atoms with Crippen LogP contribution < -0.4 is 20.5 Å². The number of hydrogen-bond donors (Lipinski definition) is 3. The Balaban J connectivity index is 0.000000251. The van der Waals surface area contributed by atoms with Crippen LogP contribution in [0.5, 0.6) is 11.5 Å². The zero-order valence-electron chi connectivity index (χ0n) is 26.5. The molecule has 0 aliphatic rings. The number of nitrogens with zero attached hydrogens (tertiary/aromatic N) is 6. The lowest BCUT2D eigenvalue weighted by molar-refractivity contribution is -0.145. The molecule has 0 aliphatic heterocycles. The first-order valence-corrected chi connectivity index (χ1v) is 14.3. The molecule has 4 N–H and O–H groups in total. The van der Waals surface area contributed by atoms with Gasteiger partial charge in [0.25, 0.3) is 5.91 Å². The summed E-state index contributed by atoms with van der Waals surface area (Å²) in [5, 5.41) is 11.8. The number of aromatic carboxylic acids is 1. The van der Waals surface area contributed by atoms with Gasteiger partial charge in [0.2, 0.25) is 11.6 Å². The number of carboxylic acids is 1. The molecule has 266 valence electrons. The fourth-order valence-corrected chi connectivity index (χ4v) is 4.30. The maximum absolute atomic E-state index is 12.6. The van der Waals surface area contributed by atoms with Gasteiger partial charge >= 0.3 is 18.3 Å². The molecule has 0 bridgehead atoms. The van der Waals surface area contributed by atoms with Crippen LogP contribution in [0.2, 0.25) is 0 Å². The van der Waals surface area contributed by atoms with Crippen LogP contribution in [-0.4, -0.2) is 61.1 Å². The number of rotatable bonds is 9. The van der Waals surface area contributed by atoms with E-state index in [1.165, 1.54) is 56.9 Å². The minimum absolute atomic E-state index is 0.0145. The molecule has 1 aromatic carbocycles. The first-order valence-electron chi connectivity index (χ1n) is 14.3. The van der Waals surface area contributed by atoms with Crippen molar-refractivity contribution < 1.29 is 50.5 Å². The van der Waals surface area contributed by atoms with Crippen LogP contribution in [-0.2, 0) is 25.4 Å². The molecule has 0 saturated carbocycles. The van der Waals surface area contributed by atoms with E-state index in [2.05, 4.69) is 35.2 Å². The quantitative estimate of drug-likeness (QED) is 0.169. The molecule has 19 heteroatoms. The molecule has 0 radical (unpaired) electrons. The van der Waals surface area contributed by atoms with Crippen molar-refractivity contribution >= 4 is 11.9 Å². The maximum Gasteiger partial charge on any atom is 0.451 e. The highest BCUT2D eigenvalue weighted by Gasteiger charge is 2.35. The van der Waals surface area contributed by atoms with Gasteiger partial charge in [0.05, 0.1) is 49.1 Å². The third-order valence-corrected chi connectivity index (χ3v) is 6.80. The number of methoxy groups -OCH3 is 2. The van der Waals surface area contributed by atoms with Gasteiger partial charge < -0.3 is 25.6 Å². The van der Waals surface area contributed by atoms with Crippen LogP contribution in [0.3, 0.4) is 0 Å². The minimum atomic E-state index is -4.66. The van der Waals surface area contributed by atoms with Crippen LogP contribution >= 0.6 is 0 Å². The number of nitrogens with one attached hydrogen (secondary N) is 1. The average Bonchev–Trinajstić information content (AvgIpc) is 3.13. The van der Waals surface area contributed by atoms with Gasteiger partial charge in [0.15, 0.2) is 0 Å². The van der Waals surface area contributed by atoms with E-state index in [0.29, 0.717) is 33.9 Å². The molecular formula is C32H26F6N8O5. The van der Waals surface area contributed by atoms with Gasteiger partial charge in [-0.3, -0.25) is 14.8 Å². The lowest BCUT2D eigenvalue weighted by Crippen LogP contribution is -2.25. The second-order valence-corrected chi connectivity index (χ2v) is 10.1. The van der Waals surface area contributed by atoms with Gasteiger partial charge in [0, 0.05) is 60.1 Å². The number of nitrogens with two attached hydrogens (primary N) is 1. The van der Waals surface area contributed by atoms with Crippen molar-refractivity contribution in [3.8, 4) is 34.0 Å². The van der Waals surface area contributed by atoms with Gasteiger partial charge in [-0.05, 0) is 24.3 Å². The van der Waals surface area contributed by atoms with Crippen molar-refractivity contribution in [2.45, 2.75) is 25.4 Å². The van der Waals surface area contributed by atoms with E-state index in [1.54, 1.807) is 6.07 Å². The Hall–Kier alpha value is -6.24. The number of pyridine rings is 2. The third-order valence-electron chi connectivity index (χ3n) is 6.80. The normalized spacial score (nSPS) is 11.2. The van der Waals surface area contributed by atoms with Gasteiger partial charge in [-0.25, -0.2) is 24.7 Å². The Morgan fingerprint density at radius 1 is 0.706 bits per heavy atom. The van der Waals surface area contributed by atoms with E-state index in [9.17, 15) is 41.0 Å². The van der Waals surface area contributed by atoms with Gasteiger partial charge in [-0.1, -0.05) is 12.1 Å². The topological polar surface area (TPSA) is 188 Å². The molecule has 0 saturated heterocycles. The molecule has 0 spiro atoms. The zero-order valence-corrected chi connectivity index (χ0v) is 26.5. The Bertz CT molecular complexity index is 1990. The molecular weight excluding hydrogens is 690 g/mol. The van der Waals surface area contributed by atoms with Crippen molar-refractivity contribution in [1.82, 2.24) is 35.2 Å². The predicted molar refractivity (Wildman–Crippen MR) is 166 cm³/mol. The van der Waals surface area contributed by atoms with Crippen LogP contribution in [0.1, 0.15) is 43.5 Å². The molecule has 1 amide bonds. The van der Waals surface area contributed by atoms with E-state index in [1.807, 2.05) is 0 Å². The number of carbonyl (C=O) groups excluding carboxylic acids is 1. The summed E-state index contributed by atoms with van der Waals surface area (Å²) < 4.78 is 85.3. The first-order chi connectivity index (χ1) is 24.2. The van der Waals surface area contributed by atoms with E-state index in [-0.39, 0.29) is 35.5 Å². The highest BCUT2D eigenvalue weighted by molar-refractivity contribution is 6.04. The number of aromatic nitrogens is 6. The van der Waals surface area contributed by atoms with Gasteiger partial charge in [-0.15, -0.1) is 0 Å². The van der Waals surface area contributed by atoms with Crippen molar-refractivity contribution in [2.75, 3.05) is 14.2 Å². The van der Waals surface area contributed by atoms with Gasteiger partial charge in [0.1, 0.15) is 11.5 Å². The Morgan fingerprint density at radius 3 is 1.55 bits per heavy atom. The number of alkyl halides is 6. The van der Waals surface area contributed by atoms with Crippen molar-refractivity contribution in [3.05, 3.63) is 107 Å². The summed E-state index contributed by atoms with van der Waals surface area (Å²) >= 11 is 0. The van der Waals surface area contributed by atoms with Crippen molar-refractivity contribution in [1.29, 1.82) is 0 Å². The largest absolute Gasteiger partial charge is 0.495 e. The van der Waals surface area contributed by atoms with Crippen LogP contribution in [0.4, 0.5) is 26.3 Å². The lowest BCUT2D eigenvalue weighted by Gasteiger charge is -2.12. The monoisotopic (exact) mass is 716 g/mol. The fraction of sp³-hybridized carbons (Fsp3) is 0.188. The SMILES string of the molecule is COc1cnc(-c2cnc(C(F)(F)F)nc2)cc1CN.COc1cnc(-c2cnc(C(F)(F)F)nc2)cc1CNC(=O)c1ccccc1C(=O)O. The highest BCUT2D eigenvalue weighted by Crippen LogP contribution is 2.29. The fourth-order valence-electron chi connectivity index (χ4n) is 4.30. The average molecular weight is 717 g/mol. The lowest BCUT2D eigenvalue weighted by atomic mass is 10.1. The van der Waals surface area contributed by atoms with E-state index >= 15 is 0 Å². The molecule has 13 nitrogen and oxygen atoms in total. The summed E-state index contributed by atoms with van der Waals surface area (Å²) in [6.45, 7) is 0.174. The van der Waals surface area contributed by atoms with Crippen LogP contribution in [0.15, 0.2) is 73.6 Å². The number of benzene rings is 1. The van der Waals surface area contributed by atoms with E-state index < -0.39 is 35.9 Å². The molecule has 0 fully saturated rings. The number of amides is 1. The summed E-state index contributed by atoms with van der Waals surface area (Å²) in [6.07, 6.45) is -2.28. The number of carbonyl (C=O) groups is 2. The summed E-state index contributed by atoms with van der Waals surface area (Å²) in [7, 11) is 2.88. The summed E-state index contributed by atoms with van der Waals surface area (Å²) in [5.74, 6) is -3.47. The molecule has 0 aliphatic carbocycles. The van der Waals surface area contributed by atoms with E-state index in [4.69, 9.17) is 15.2 Å². The number of carboxylic acid groups (broad SMARTS) is 1. The first kappa shape index (κ1) is 37.6. The predicted octanol–water partition coefficient (Wildman–Crippen LogP) is 5.22. The van der Waals surface area contributed by atoms with Gasteiger partial charge in [-0.2, -0.15) is 26.3 Å². The van der Waals surface area contributed by atoms with Crippen molar-refractivity contribution in [2.24, 2.45) is 5.73 Å². The second-order valence-electron chi connectivity index (χ2n) is 10.1. The molecule has 51 heavy (non-hydrogen) atoms. The highest BCUT2D eigenvalue weighted by atomic mass is 19.4. The maximum atomic E-state index is 12.6. The third kappa shape index (κ3) is 9.47. The number of hydrogen-bond acceptors (Lipinski definition) is 11. The van der Waals surface area contributed by atoms with Crippen LogP contribution in [0, 0.1) is 0 Å². The molecule has 4 heterocycles. The molecule has 4 aromatic heterocycles. The van der Waals surface area contributed by atoms with E-state index in [0.717, 1.165) is 24.8 Å². The summed E-state index contributed by atoms with van der Waals surface area (Å²) in [6, 6.07) is 8.88.